The van der Waals surface area contributed by atoms with E-state index in [0.717, 1.165) is 0 Å². The first kappa shape index (κ1) is 11.6. The lowest BCUT2D eigenvalue weighted by atomic mass is 10.2. The molecular weight excluding hydrogens is 242 g/mol. The van der Waals surface area contributed by atoms with Gasteiger partial charge in [-0.05, 0) is 12.1 Å². The Bertz CT molecular complexity index is 539. The van der Waals surface area contributed by atoms with Gasteiger partial charge in [-0.25, -0.2) is 0 Å². The van der Waals surface area contributed by atoms with Gasteiger partial charge in [0.25, 0.3) is 0 Å². The van der Waals surface area contributed by atoms with Gasteiger partial charge in [0.05, 0.1) is 17.1 Å². The van der Waals surface area contributed by atoms with Crippen LogP contribution in [-0.4, -0.2) is 16.1 Å². The molecule has 6 heteroatoms. The average molecular weight is 252 g/mol. The molecule has 1 heterocycles. The maximum Gasteiger partial charge on any atom is 0.249 e. The highest BCUT2D eigenvalue weighted by atomic mass is 35.5. The zero-order valence-corrected chi connectivity index (χ0v) is 9.86. The summed E-state index contributed by atoms with van der Waals surface area (Å²) < 4.78 is 5.38. The Morgan fingerprint density at radius 3 is 2.88 bits per heavy atom. The predicted molar refractivity (Wildman–Crippen MR) is 62.3 cm³/mol. The molecule has 0 aliphatic rings. The van der Waals surface area contributed by atoms with Crippen LogP contribution in [0.4, 0.5) is 0 Å². The summed E-state index contributed by atoms with van der Waals surface area (Å²) in [4.78, 5) is 10.7. The Labute approximate surface area is 103 Å². The minimum absolute atomic E-state index is 0.150. The first-order chi connectivity index (χ1) is 8.16. The number of carbonyl (C=O) groups is 1. The van der Waals surface area contributed by atoms with E-state index in [1.807, 2.05) is 12.1 Å². The van der Waals surface area contributed by atoms with E-state index in [-0.39, 0.29) is 12.5 Å². The van der Waals surface area contributed by atoms with E-state index in [1.165, 1.54) is 6.92 Å². The molecule has 1 aromatic heterocycles. The van der Waals surface area contributed by atoms with E-state index in [9.17, 15) is 4.79 Å². The van der Waals surface area contributed by atoms with Crippen LogP contribution in [0.1, 0.15) is 12.8 Å². The molecule has 0 aliphatic heterocycles. The molecule has 0 spiro atoms. The maximum absolute atomic E-state index is 10.7. The normalized spacial score (nSPS) is 10.2. The van der Waals surface area contributed by atoms with Crippen LogP contribution >= 0.6 is 11.6 Å². The number of nitrogens with one attached hydrogen (secondary N) is 1. The molecule has 0 bridgehead atoms. The second-order valence-electron chi connectivity index (χ2n) is 3.39. The average Bonchev–Trinajstić information content (AvgIpc) is 2.75. The van der Waals surface area contributed by atoms with Crippen LogP contribution in [0.5, 0.6) is 0 Å². The minimum atomic E-state index is -0.150. The molecular formula is C11H10ClN3O2. The largest absolute Gasteiger partial charge is 0.419 e. The lowest BCUT2D eigenvalue weighted by Crippen LogP contribution is -2.18. The Hall–Kier alpha value is -1.88. The molecule has 0 saturated carbocycles. The van der Waals surface area contributed by atoms with Crippen molar-refractivity contribution in [1.82, 2.24) is 15.5 Å². The molecule has 2 rings (SSSR count). The summed E-state index contributed by atoms with van der Waals surface area (Å²) in [6.07, 6.45) is 0. The Kier molecular flexibility index (Phi) is 3.39. The van der Waals surface area contributed by atoms with Gasteiger partial charge < -0.3 is 9.73 Å². The number of nitrogens with zero attached hydrogens (tertiary/aromatic N) is 2. The van der Waals surface area contributed by atoms with Crippen LogP contribution in [0.25, 0.3) is 11.5 Å². The smallest absolute Gasteiger partial charge is 0.249 e. The van der Waals surface area contributed by atoms with Gasteiger partial charge in [0, 0.05) is 6.92 Å². The maximum atomic E-state index is 10.7. The summed E-state index contributed by atoms with van der Waals surface area (Å²) in [5.41, 5.74) is 0.677. The topological polar surface area (TPSA) is 68.0 Å². The quantitative estimate of drug-likeness (QED) is 0.906. The van der Waals surface area contributed by atoms with Crippen molar-refractivity contribution in [2.24, 2.45) is 0 Å². The van der Waals surface area contributed by atoms with Gasteiger partial charge in [-0.15, -0.1) is 10.2 Å². The first-order valence-corrected chi connectivity index (χ1v) is 5.36. The molecule has 17 heavy (non-hydrogen) atoms. The summed E-state index contributed by atoms with van der Waals surface area (Å²) in [6.45, 7) is 1.64. The van der Waals surface area contributed by atoms with Crippen LogP contribution in [0.15, 0.2) is 28.7 Å². The standard InChI is InChI=1S/C11H10ClN3O2/c1-7(16)13-6-10-14-15-11(17-10)8-4-2-3-5-9(8)12/h2-5H,6H2,1H3,(H,13,16). The fourth-order valence-corrected chi connectivity index (χ4v) is 1.49. The van der Waals surface area contributed by atoms with Crippen molar-refractivity contribution in [3.63, 3.8) is 0 Å². The van der Waals surface area contributed by atoms with Crippen molar-refractivity contribution < 1.29 is 9.21 Å². The fourth-order valence-electron chi connectivity index (χ4n) is 1.27. The Morgan fingerprint density at radius 2 is 2.18 bits per heavy atom. The van der Waals surface area contributed by atoms with Crippen LogP contribution in [0.3, 0.4) is 0 Å². The summed E-state index contributed by atoms with van der Waals surface area (Å²) in [7, 11) is 0. The molecule has 0 atom stereocenters. The van der Waals surface area contributed by atoms with Crippen molar-refractivity contribution in [2.45, 2.75) is 13.5 Å². The fraction of sp³-hybridized carbons (Fsp3) is 0.182. The number of rotatable bonds is 3. The van der Waals surface area contributed by atoms with Gasteiger partial charge in [0.2, 0.25) is 17.7 Å². The van der Waals surface area contributed by atoms with E-state index >= 15 is 0 Å². The van der Waals surface area contributed by atoms with E-state index in [0.29, 0.717) is 22.4 Å². The predicted octanol–water partition coefficient (Wildman–Crippen LogP) is 2.03. The third kappa shape index (κ3) is 2.82. The number of carbonyl (C=O) groups excluding carboxylic acids is 1. The molecule has 1 aromatic carbocycles. The third-order valence-electron chi connectivity index (χ3n) is 2.06. The molecule has 1 amide bonds. The van der Waals surface area contributed by atoms with Crippen molar-refractivity contribution in [1.29, 1.82) is 0 Å². The highest BCUT2D eigenvalue weighted by Crippen LogP contribution is 2.25. The van der Waals surface area contributed by atoms with E-state index < -0.39 is 0 Å². The third-order valence-corrected chi connectivity index (χ3v) is 2.39. The Morgan fingerprint density at radius 1 is 1.41 bits per heavy atom. The highest BCUT2D eigenvalue weighted by Gasteiger charge is 2.11. The molecule has 0 unspecified atom stereocenters. The van der Waals surface area contributed by atoms with Crippen molar-refractivity contribution in [3.05, 3.63) is 35.2 Å². The molecule has 0 aliphatic carbocycles. The van der Waals surface area contributed by atoms with E-state index in [4.69, 9.17) is 16.0 Å². The zero-order chi connectivity index (χ0) is 12.3. The summed E-state index contributed by atoms with van der Waals surface area (Å²) in [5, 5.41) is 10.8. The van der Waals surface area contributed by atoms with E-state index in [1.54, 1.807) is 12.1 Å². The molecule has 88 valence electrons. The van der Waals surface area contributed by atoms with Gasteiger partial charge in [-0.1, -0.05) is 23.7 Å². The lowest BCUT2D eigenvalue weighted by molar-refractivity contribution is -0.119. The number of aromatic nitrogens is 2. The molecule has 5 nitrogen and oxygen atoms in total. The van der Waals surface area contributed by atoms with Gasteiger partial charge in [-0.2, -0.15) is 0 Å². The zero-order valence-electron chi connectivity index (χ0n) is 9.11. The van der Waals surface area contributed by atoms with Crippen molar-refractivity contribution in [3.8, 4) is 11.5 Å². The van der Waals surface area contributed by atoms with Crippen LogP contribution in [-0.2, 0) is 11.3 Å². The van der Waals surface area contributed by atoms with Gasteiger partial charge in [0.1, 0.15) is 0 Å². The summed E-state index contributed by atoms with van der Waals surface area (Å²) in [5.74, 6) is 0.536. The Balaban J connectivity index is 2.18. The number of halogens is 1. The molecule has 1 N–H and O–H groups in total. The second kappa shape index (κ2) is 4.97. The summed E-state index contributed by atoms with van der Waals surface area (Å²) >= 11 is 6.00. The highest BCUT2D eigenvalue weighted by molar-refractivity contribution is 6.33. The van der Waals surface area contributed by atoms with Gasteiger partial charge in [0.15, 0.2) is 0 Å². The first-order valence-electron chi connectivity index (χ1n) is 4.98. The van der Waals surface area contributed by atoms with Crippen LogP contribution in [0, 0.1) is 0 Å². The monoisotopic (exact) mass is 251 g/mol. The lowest BCUT2D eigenvalue weighted by Gasteiger charge is -1.97. The van der Waals surface area contributed by atoms with Gasteiger partial charge >= 0.3 is 0 Å². The molecule has 2 aromatic rings. The number of benzene rings is 1. The molecule has 0 fully saturated rings. The van der Waals surface area contributed by atoms with Crippen LogP contribution in [0.2, 0.25) is 5.02 Å². The molecule has 0 saturated heterocycles. The number of amides is 1. The SMILES string of the molecule is CC(=O)NCc1nnc(-c2ccccc2Cl)o1. The number of hydrogen-bond acceptors (Lipinski definition) is 4. The van der Waals surface area contributed by atoms with Crippen LogP contribution < -0.4 is 5.32 Å². The minimum Gasteiger partial charge on any atom is -0.419 e. The van der Waals surface area contributed by atoms with E-state index in [2.05, 4.69) is 15.5 Å². The molecule has 0 radical (unpaired) electrons. The number of hydrogen-bond donors (Lipinski definition) is 1. The summed E-state index contributed by atoms with van der Waals surface area (Å²) in [6, 6.07) is 7.19. The van der Waals surface area contributed by atoms with Gasteiger partial charge in [-0.3, -0.25) is 4.79 Å². The van der Waals surface area contributed by atoms with Crippen molar-refractivity contribution in [2.75, 3.05) is 0 Å². The second-order valence-corrected chi connectivity index (χ2v) is 3.80. The van der Waals surface area contributed by atoms with Crippen molar-refractivity contribution >= 4 is 17.5 Å².